The smallest absolute Gasteiger partial charge is 0.227 e. The van der Waals surface area contributed by atoms with Gasteiger partial charge in [0.25, 0.3) is 0 Å². The molecule has 0 aliphatic carbocycles. The van der Waals surface area contributed by atoms with Crippen LogP contribution in [-0.4, -0.2) is 12.5 Å². The standard InChI is InChI=1S/C18H17NO/c1-2-14-12-18(20)19(13-14)17-11-7-6-10-16(17)15-8-4-3-5-9-15/h2-11,14H,1,12-13H2. The lowest BCUT2D eigenvalue weighted by molar-refractivity contribution is -0.117. The Labute approximate surface area is 119 Å². The highest BCUT2D eigenvalue weighted by molar-refractivity contribution is 5.99. The maximum atomic E-state index is 12.2. The van der Waals surface area contributed by atoms with Crippen molar-refractivity contribution in [1.29, 1.82) is 0 Å². The molecule has 0 saturated carbocycles. The molecular weight excluding hydrogens is 246 g/mol. The third kappa shape index (κ3) is 2.25. The van der Waals surface area contributed by atoms with E-state index in [0.717, 1.165) is 23.4 Å². The minimum Gasteiger partial charge on any atom is -0.311 e. The van der Waals surface area contributed by atoms with Crippen molar-refractivity contribution in [1.82, 2.24) is 0 Å². The summed E-state index contributed by atoms with van der Waals surface area (Å²) in [6.45, 7) is 4.54. The molecule has 20 heavy (non-hydrogen) atoms. The van der Waals surface area contributed by atoms with Crippen molar-refractivity contribution in [3.63, 3.8) is 0 Å². The summed E-state index contributed by atoms with van der Waals surface area (Å²) >= 11 is 0. The van der Waals surface area contributed by atoms with E-state index in [4.69, 9.17) is 0 Å². The van der Waals surface area contributed by atoms with Crippen LogP contribution < -0.4 is 4.90 Å². The summed E-state index contributed by atoms with van der Waals surface area (Å²) in [4.78, 5) is 14.1. The van der Waals surface area contributed by atoms with Gasteiger partial charge in [-0.15, -0.1) is 6.58 Å². The molecule has 3 rings (SSSR count). The van der Waals surface area contributed by atoms with Crippen LogP contribution in [-0.2, 0) is 4.79 Å². The molecule has 0 bridgehead atoms. The van der Waals surface area contributed by atoms with Gasteiger partial charge in [-0.1, -0.05) is 54.6 Å². The molecular formula is C18H17NO. The van der Waals surface area contributed by atoms with Crippen LogP contribution in [0.5, 0.6) is 0 Å². The Hall–Kier alpha value is -2.35. The van der Waals surface area contributed by atoms with Gasteiger partial charge in [-0.2, -0.15) is 0 Å². The molecule has 2 nitrogen and oxygen atoms in total. The summed E-state index contributed by atoms with van der Waals surface area (Å²) in [6, 6.07) is 18.3. The third-order valence-corrected chi connectivity index (χ3v) is 3.77. The van der Waals surface area contributed by atoms with E-state index in [2.05, 4.69) is 24.8 Å². The number of para-hydroxylation sites is 1. The fraction of sp³-hybridized carbons (Fsp3) is 0.167. The molecule has 1 atom stereocenters. The van der Waals surface area contributed by atoms with Gasteiger partial charge >= 0.3 is 0 Å². The third-order valence-electron chi connectivity index (χ3n) is 3.77. The van der Waals surface area contributed by atoms with Crippen LogP contribution in [0.1, 0.15) is 6.42 Å². The number of hydrogen-bond acceptors (Lipinski definition) is 1. The van der Waals surface area contributed by atoms with Crippen molar-refractivity contribution in [3.05, 3.63) is 67.3 Å². The highest BCUT2D eigenvalue weighted by Gasteiger charge is 2.29. The molecule has 1 fully saturated rings. The number of carbonyl (C=O) groups excluding carboxylic acids is 1. The first-order valence-electron chi connectivity index (χ1n) is 6.87. The van der Waals surface area contributed by atoms with Crippen molar-refractivity contribution in [2.24, 2.45) is 5.92 Å². The molecule has 1 aliphatic rings. The Bertz CT molecular complexity index is 633. The van der Waals surface area contributed by atoms with Crippen molar-refractivity contribution >= 4 is 11.6 Å². The number of amides is 1. The Kier molecular flexibility index (Phi) is 3.38. The number of anilines is 1. The van der Waals surface area contributed by atoms with Gasteiger partial charge in [0.2, 0.25) is 5.91 Å². The van der Waals surface area contributed by atoms with Crippen LogP contribution >= 0.6 is 0 Å². The molecule has 2 aromatic rings. The Morgan fingerprint density at radius 1 is 1.05 bits per heavy atom. The minimum atomic E-state index is 0.179. The second-order valence-corrected chi connectivity index (χ2v) is 5.09. The summed E-state index contributed by atoms with van der Waals surface area (Å²) in [7, 11) is 0. The largest absolute Gasteiger partial charge is 0.311 e. The van der Waals surface area contributed by atoms with Gasteiger partial charge in [-0.25, -0.2) is 0 Å². The minimum absolute atomic E-state index is 0.179. The lowest BCUT2D eigenvalue weighted by Crippen LogP contribution is -2.24. The van der Waals surface area contributed by atoms with Crippen LogP contribution in [0.3, 0.4) is 0 Å². The van der Waals surface area contributed by atoms with E-state index in [0.29, 0.717) is 6.42 Å². The van der Waals surface area contributed by atoms with Gasteiger partial charge in [0.15, 0.2) is 0 Å². The van der Waals surface area contributed by atoms with E-state index in [9.17, 15) is 4.79 Å². The second-order valence-electron chi connectivity index (χ2n) is 5.09. The molecule has 0 N–H and O–H groups in total. The molecule has 0 aromatic heterocycles. The molecule has 100 valence electrons. The van der Waals surface area contributed by atoms with Crippen LogP contribution in [0, 0.1) is 5.92 Å². The van der Waals surface area contributed by atoms with Crippen LogP contribution in [0.2, 0.25) is 0 Å². The van der Waals surface area contributed by atoms with E-state index >= 15 is 0 Å². The van der Waals surface area contributed by atoms with Gasteiger partial charge in [0, 0.05) is 24.4 Å². The Balaban J connectivity index is 2.03. The van der Waals surface area contributed by atoms with E-state index in [1.54, 1.807) is 0 Å². The van der Waals surface area contributed by atoms with Crippen LogP contribution in [0.25, 0.3) is 11.1 Å². The zero-order valence-corrected chi connectivity index (χ0v) is 11.3. The maximum Gasteiger partial charge on any atom is 0.227 e. The molecule has 0 radical (unpaired) electrons. The van der Waals surface area contributed by atoms with E-state index in [-0.39, 0.29) is 11.8 Å². The van der Waals surface area contributed by atoms with Crippen LogP contribution in [0.15, 0.2) is 67.3 Å². The summed E-state index contributed by atoms with van der Waals surface area (Å²) in [6.07, 6.45) is 2.44. The fourth-order valence-electron chi connectivity index (χ4n) is 2.70. The normalized spacial score (nSPS) is 18.3. The topological polar surface area (TPSA) is 20.3 Å². The van der Waals surface area contributed by atoms with Crippen molar-refractivity contribution in [2.75, 3.05) is 11.4 Å². The van der Waals surface area contributed by atoms with Gasteiger partial charge < -0.3 is 4.90 Å². The number of benzene rings is 2. The van der Waals surface area contributed by atoms with Crippen molar-refractivity contribution < 1.29 is 4.79 Å². The zero-order chi connectivity index (χ0) is 13.9. The Morgan fingerprint density at radius 3 is 2.45 bits per heavy atom. The van der Waals surface area contributed by atoms with E-state index in [1.807, 2.05) is 47.4 Å². The summed E-state index contributed by atoms with van der Waals surface area (Å²) in [5.41, 5.74) is 3.23. The van der Waals surface area contributed by atoms with Gasteiger partial charge in [0.05, 0.1) is 5.69 Å². The molecule has 1 amide bonds. The predicted molar refractivity (Wildman–Crippen MR) is 82.5 cm³/mol. The second kappa shape index (κ2) is 5.33. The molecule has 1 unspecified atom stereocenters. The van der Waals surface area contributed by atoms with Gasteiger partial charge in [-0.3, -0.25) is 4.79 Å². The molecule has 1 heterocycles. The average Bonchev–Trinajstić information content (AvgIpc) is 2.89. The maximum absolute atomic E-state index is 12.2. The van der Waals surface area contributed by atoms with Crippen molar-refractivity contribution in [2.45, 2.75) is 6.42 Å². The molecule has 2 aromatic carbocycles. The number of carbonyl (C=O) groups is 1. The first-order valence-corrected chi connectivity index (χ1v) is 6.87. The monoisotopic (exact) mass is 263 g/mol. The predicted octanol–water partition coefficient (Wildman–Crippen LogP) is 3.89. The lowest BCUT2D eigenvalue weighted by Gasteiger charge is -2.20. The molecule has 1 aliphatic heterocycles. The average molecular weight is 263 g/mol. The summed E-state index contributed by atoms with van der Waals surface area (Å²) in [5, 5.41) is 0. The molecule has 1 saturated heterocycles. The highest BCUT2D eigenvalue weighted by atomic mass is 16.2. The molecule has 0 spiro atoms. The number of hydrogen-bond donors (Lipinski definition) is 0. The Morgan fingerprint density at radius 2 is 1.75 bits per heavy atom. The van der Waals surface area contributed by atoms with E-state index in [1.165, 1.54) is 0 Å². The summed E-state index contributed by atoms with van der Waals surface area (Å²) in [5.74, 6) is 0.435. The van der Waals surface area contributed by atoms with Crippen LogP contribution in [0.4, 0.5) is 5.69 Å². The zero-order valence-electron chi connectivity index (χ0n) is 11.3. The first kappa shape index (κ1) is 12.7. The number of rotatable bonds is 3. The van der Waals surface area contributed by atoms with Gasteiger partial charge in [-0.05, 0) is 11.6 Å². The fourth-order valence-corrected chi connectivity index (χ4v) is 2.70. The lowest BCUT2D eigenvalue weighted by atomic mass is 10.0. The van der Waals surface area contributed by atoms with Gasteiger partial charge in [0.1, 0.15) is 0 Å². The summed E-state index contributed by atoms with van der Waals surface area (Å²) < 4.78 is 0. The quantitative estimate of drug-likeness (QED) is 0.769. The van der Waals surface area contributed by atoms with Crippen molar-refractivity contribution in [3.8, 4) is 11.1 Å². The SMILES string of the molecule is C=CC1CC(=O)N(c2ccccc2-c2ccccc2)C1. The highest BCUT2D eigenvalue weighted by Crippen LogP contribution is 2.34. The molecule has 2 heteroatoms. The first-order chi connectivity index (χ1) is 9.79. The number of nitrogens with zero attached hydrogens (tertiary/aromatic N) is 1. The van der Waals surface area contributed by atoms with E-state index < -0.39 is 0 Å².